The fraction of sp³-hybridized carbons (Fsp3) is 0.0455. The van der Waals surface area contributed by atoms with Gasteiger partial charge in [0, 0.05) is 21.2 Å². The zero-order chi connectivity index (χ0) is 22.3. The summed E-state index contributed by atoms with van der Waals surface area (Å²) in [5.74, 6) is 0.492. The number of sulfone groups is 1. The zero-order valence-corrected chi connectivity index (χ0v) is 19.4. The quantitative estimate of drug-likeness (QED) is 0.374. The summed E-state index contributed by atoms with van der Waals surface area (Å²) in [4.78, 5) is 0.213. The van der Waals surface area contributed by atoms with Crippen molar-refractivity contribution in [3.8, 4) is 11.4 Å². The fourth-order valence-electron chi connectivity index (χ4n) is 3.27. The van der Waals surface area contributed by atoms with Gasteiger partial charge in [0.1, 0.15) is 0 Å². The highest BCUT2D eigenvalue weighted by Crippen LogP contribution is 2.38. The average Bonchev–Trinajstić information content (AvgIpc) is 3.23. The van der Waals surface area contributed by atoms with Gasteiger partial charge in [-0.1, -0.05) is 65.3 Å². The van der Waals surface area contributed by atoms with Crippen LogP contribution in [0.5, 0.6) is 0 Å². The number of fused-ring (bicyclic) bond motifs is 1. The van der Waals surface area contributed by atoms with Crippen molar-refractivity contribution in [1.29, 1.82) is 0 Å². The Morgan fingerprint density at radius 3 is 2.00 bits per heavy atom. The molecule has 1 atom stereocenters. The van der Waals surface area contributed by atoms with Crippen molar-refractivity contribution in [3.05, 3.63) is 94.5 Å². The van der Waals surface area contributed by atoms with Crippen LogP contribution in [0, 0.1) is 0 Å². The average molecular weight is 501 g/mol. The van der Waals surface area contributed by atoms with Gasteiger partial charge in [-0.25, -0.2) is 8.42 Å². The van der Waals surface area contributed by atoms with Crippen molar-refractivity contribution in [3.63, 3.8) is 0 Å². The largest absolute Gasteiger partial charge is 0.222 e. The molecule has 5 rings (SSSR count). The van der Waals surface area contributed by atoms with E-state index in [0.29, 0.717) is 32.3 Å². The normalized spacial score (nSPS) is 15.8. The molecule has 0 aliphatic carbocycles. The van der Waals surface area contributed by atoms with Crippen LogP contribution in [-0.2, 0) is 9.84 Å². The second kappa shape index (κ2) is 8.37. The first-order valence-electron chi connectivity index (χ1n) is 9.45. The summed E-state index contributed by atoms with van der Waals surface area (Å²) in [6, 6.07) is 22.4. The number of halogens is 2. The minimum absolute atomic E-state index is 0.213. The van der Waals surface area contributed by atoms with Crippen LogP contribution in [0.2, 0.25) is 10.0 Å². The van der Waals surface area contributed by atoms with Crippen molar-refractivity contribution >= 4 is 50.5 Å². The highest BCUT2D eigenvalue weighted by atomic mass is 35.5. The summed E-state index contributed by atoms with van der Waals surface area (Å²) in [5.41, 5.74) is 1.78. The van der Waals surface area contributed by atoms with Gasteiger partial charge in [0.25, 0.3) is 0 Å². The van der Waals surface area contributed by atoms with Gasteiger partial charge in [-0.05, 0) is 48.5 Å². The lowest BCUT2D eigenvalue weighted by atomic mass is 10.1. The molecular weight excluding hydrogens is 487 g/mol. The molecule has 3 aromatic carbocycles. The van der Waals surface area contributed by atoms with Gasteiger partial charge in [0.05, 0.1) is 10.6 Å². The molecule has 32 heavy (non-hydrogen) atoms. The van der Waals surface area contributed by atoms with Crippen LogP contribution in [-0.4, -0.2) is 33.6 Å². The topological polar surface area (TPSA) is 77.2 Å². The molecular formula is C22H14Cl2N4O2S2. The summed E-state index contributed by atoms with van der Waals surface area (Å²) < 4.78 is 27.7. The molecule has 160 valence electrons. The Hall–Kier alpha value is -2.65. The van der Waals surface area contributed by atoms with Crippen LogP contribution >= 0.6 is 35.0 Å². The minimum Gasteiger partial charge on any atom is -0.222 e. The maximum atomic E-state index is 13.6. The van der Waals surface area contributed by atoms with Gasteiger partial charge >= 0.3 is 0 Å². The van der Waals surface area contributed by atoms with Gasteiger partial charge in [-0.3, -0.25) is 0 Å². The Bertz CT molecular complexity index is 1420. The molecule has 0 saturated carbocycles. The molecule has 0 bridgehead atoms. The predicted molar refractivity (Wildman–Crippen MR) is 127 cm³/mol. The summed E-state index contributed by atoms with van der Waals surface area (Å²) in [7, 11) is -3.77. The molecule has 0 radical (unpaired) electrons. The SMILES string of the molecule is O=S(=O)(c1ccccc1)C1Sc2nnc(-c3ccc(Cl)cc3)n2N=C1c1ccc(Cl)cc1. The molecule has 0 fully saturated rings. The van der Waals surface area contributed by atoms with Crippen LogP contribution in [0.1, 0.15) is 5.56 Å². The summed E-state index contributed by atoms with van der Waals surface area (Å²) in [6.07, 6.45) is 0. The van der Waals surface area contributed by atoms with Crippen molar-refractivity contribution in [2.45, 2.75) is 14.6 Å². The van der Waals surface area contributed by atoms with E-state index in [1.165, 1.54) is 0 Å². The minimum atomic E-state index is -3.77. The first-order valence-corrected chi connectivity index (χ1v) is 12.6. The van der Waals surface area contributed by atoms with Crippen LogP contribution in [0.4, 0.5) is 0 Å². The molecule has 6 nitrogen and oxygen atoms in total. The van der Waals surface area contributed by atoms with Gasteiger partial charge < -0.3 is 0 Å². The van der Waals surface area contributed by atoms with Gasteiger partial charge in [0.2, 0.25) is 5.16 Å². The zero-order valence-electron chi connectivity index (χ0n) is 16.3. The highest BCUT2D eigenvalue weighted by Gasteiger charge is 2.39. The van der Waals surface area contributed by atoms with Gasteiger partial charge in [0.15, 0.2) is 20.2 Å². The van der Waals surface area contributed by atoms with Crippen molar-refractivity contribution < 1.29 is 8.42 Å². The maximum Gasteiger partial charge on any atom is 0.214 e. The molecule has 1 aliphatic heterocycles. The van der Waals surface area contributed by atoms with Crippen molar-refractivity contribution in [2.75, 3.05) is 0 Å². The van der Waals surface area contributed by atoms with Gasteiger partial charge in [-0.15, -0.1) is 10.2 Å². The molecule has 1 aliphatic rings. The van der Waals surface area contributed by atoms with Crippen LogP contribution in [0.25, 0.3) is 11.4 Å². The van der Waals surface area contributed by atoms with E-state index in [-0.39, 0.29) is 4.90 Å². The highest BCUT2D eigenvalue weighted by molar-refractivity contribution is 8.14. The molecule has 1 aromatic heterocycles. The Morgan fingerprint density at radius 1 is 0.781 bits per heavy atom. The van der Waals surface area contributed by atoms with Crippen LogP contribution in [0.3, 0.4) is 0 Å². The Balaban J connectivity index is 1.68. The molecule has 0 saturated heterocycles. The number of rotatable bonds is 4. The van der Waals surface area contributed by atoms with Crippen LogP contribution in [0.15, 0.2) is 94.0 Å². The van der Waals surface area contributed by atoms with Gasteiger partial charge in [-0.2, -0.15) is 9.78 Å². The molecule has 0 amide bonds. The van der Waals surface area contributed by atoms with E-state index < -0.39 is 14.4 Å². The van der Waals surface area contributed by atoms with Crippen LogP contribution < -0.4 is 0 Å². The molecule has 1 unspecified atom stereocenters. The molecule has 4 aromatic rings. The number of nitrogens with zero attached hydrogens (tertiary/aromatic N) is 4. The van der Waals surface area contributed by atoms with Crippen molar-refractivity contribution in [1.82, 2.24) is 14.9 Å². The predicted octanol–water partition coefficient (Wildman–Crippen LogP) is 5.41. The van der Waals surface area contributed by atoms with E-state index >= 15 is 0 Å². The van der Waals surface area contributed by atoms with E-state index in [4.69, 9.17) is 28.3 Å². The Labute approximate surface area is 198 Å². The Morgan fingerprint density at radius 2 is 1.38 bits per heavy atom. The van der Waals surface area contributed by atoms with E-state index in [0.717, 1.165) is 17.3 Å². The van der Waals surface area contributed by atoms with Crippen molar-refractivity contribution in [2.24, 2.45) is 5.10 Å². The lowest BCUT2D eigenvalue weighted by molar-refractivity contribution is 0.597. The monoisotopic (exact) mass is 500 g/mol. The third kappa shape index (κ3) is 3.84. The van der Waals surface area contributed by atoms with E-state index in [1.807, 2.05) is 12.1 Å². The smallest absolute Gasteiger partial charge is 0.214 e. The summed E-state index contributed by atoms with van der Waals surface area (Å²) >= 11 is 13.2. The number of hydrogen-bond donors (Lipinski definition) is 0. The first kappa shape index (κ1) is 21.2. The summed E-state index contributed by atoms with van der Waals surface area (Å²) in [5, 5.41) is 14.7. The maximum absolute atomic E-state index is 13.6. The van der Waals surface area contributed by atoms with E-state index in [2.05, 4.69) is 10.2 Å². The fourth-order valence-corrected chi connectivity index (χ4v) is 6.69. The second-order valence-electron chi connectivity index (χ2n) is 6.92. The lowest BCUT2D eigenvalue weighted by Crippen LogP contribution is -2.32. The number of benzene rings is 3. The molecule has 2 heterocycles. The first-order chi connectivity index (χ1) is 15.4. The molecule has 0 spiro atoms. The van der Waals surface area contributed by atoms with E-state index in [9.17, 15) is 8.42 Å². The third-order valence-electron chi connectivity index (χ3n) is 4.85. The second-order valence-corrected chi connectivity index (χ2v) is 11.2. The number of hydrogen-bond acceptors (Lipinski definition) is 6. The number of aromatic nitrogens is 3. The number of thioether (sulfide) groups is 1. The summed E-state index contributed by atoms with van der Waals surface area (Å²) in [6.45, 7) is 0. The Kier molecular flexibility index (Phi) is 5.54. The standard InChI is InChI=1S/C22H14Cl2N4O2S2/c23-16-10-6-14(7-11-16)19-21(32(29,30)18-4-2-1-3-5-18)31-22-26-25-20(28(22)27-19)15-8-12-17(24)13-9-15/h1-13,21H. The van der Waals surface area contributed by atoms with E-state index in [1.54, 1.807) is 71.4 Å². The molecule has 10 heteroatoms. The molecule has 0 N–H and O–H groups in total. The third-order valence-corrected chi connectivity index (χ3v) is 9.02. The lowest BCUT2D eigenvalue weighted by Gasteiger charge is -2.23.